The molecule has 7 heteroatoms. The topological polar surface area (TPSA) is 52.6 Å². The summed E-state index contributed by atoms with van der Waals surface area (Å²) in [4.78, 5) is 21.7. The van der Waals surface area contributed by atoms with Crippen molar-refractivity contribution in [3.8, 4) is 5.75 Å². The first-order valence-electron chi connectivity index (χ1n) is 4.32. The molecule has 1 aromatic rings. The zero-order valence-electron chi connectivity index (χ0n) is 8.58. The van der Waals surface area contributed by atoms with E-state index in [1.54, 1.807) is 0 Å². The molecule has 92 valence electrons. The smallest absolute Gasteiger partial charge is 0.491 e. The van der Waals surface area contributed by atoms with Crippen LogP contribution >= 0.6 is 0 Å². The van der Waals surface area contributed by atoms with E-state index in [-0.39, 0.29) is 11.3 Å². The van der Waals surface area contributed by atoms with Gasteiger partial charge in [-0.25, -0.2) is 9.59 Å². The molecule has 1 aromatic carbocycles. The van der Waals surface area contributed by atoms with E-state index in [0.717, 1.165) is 0 Å². The summed E-state index contributed by atoms with van der Waals surface area (Å²) < 4.78 is 43.9. The van der Waals surface area contributed by atoms with E-state index in [2.05, 4.69) is 4.74 Å². The van der Waals surface area contributed by atoms with Crippen molar-refractivity contribution in [3.05, 3.63) is 29.8 Å². The van der Waals surface area contributed by atoms with Gasteiger partial charge in [-0.05, 0) is 12.1 Å². The number of para-hydroxylation sites is 1. The van der Waals surface area contributed by atoms with Crippen LogP contribution in [0.5, 0.6) is 5.75 Å². The first-order valence-corrected chi connectivity index (χ1v) is 4.32. The number of carbonyl (C=O) groups excluding carboxylic acids is 2. The molecule has 4 nitrogen and oxygen atoms in total. The van der Waals surface area contributed by atoms with E-state index < -0.39 is 18.1 Å². The van der Waals surface area contributed by atoms with Crippen molar-refractivity contribution < 1.29 is 32.2 Å². The summed E-state index contributed by atoms with van der Waals surface area (Å²) in [7, 11) is 1.23. The van der Waals surface area contributed by atoms with Crippen molar-refractivity contribution in [1.82, 2.24) is 0 Å². The Morgan fingerprint density at radius 2 is 1.76 bits per heavy atom. The highest BCUT2D eigenvalue weighted by molar-refractivity contribution is 5.99. The summed E-state index contributed by atoms with van der Waals surface area (Å²) in [5.41, 5.74) is -0.257. The fourth-order valence-corrected chi connectivity index (χ4v) is 1.01. The number of hydrogen-bond acceptors (Lipinski definition) is 4. The van der Waals surface area contributed by atoms with Crippen molar-refractivity contribution in [3.63, 3.8) is 0 Å². The summed E-state index contributed by atoms with van der Waals surface area (Å²) in [5.74, 6) is -3.95. The van der Waals surface area contributed by atoms with E-state index in [9.17, 15) is 22.8 Å². The largest absolute Gasteiger partial charge is 0.496 e. The second kappa shape index (κ2) is 4.86. The molecule has 0 aliphatic heterocycles. The second-order valence-corrected chi connectivity index (χ2v) is 2.88. The molecule has 0 aliphatic rings. The van der Waals surface area contributed by atoms with E-state index in [0.29, 0.717) is 0 Å². The van der Waals surface area contributed by atoms with Crippen LogP contribution in [0.2, 0.25) is 0 Å². The van der Waals surface area contributed by atoms with Gasteiger partial charge in [0, 0.05) is 0 Å². The molecule has 0 saturated heterocycles. The van der Waals surface area contributed by atoms with Crippen LogP contribution in [-0.4, -0.2) is 25.2 Å². The summed E-state index contributed by atoms with van der Waals surface area (Å²) in [5, 5.41) is 0. The molecule has 0 bridgehead atoms. The van der Waals surface area contributed by atoms with Gasteiger partial charge in [0.1, 0.15) is 11.3 Å². The van der Waals surface area contributed by atoms with Crippen LogP contribution in [0.4, 0.5) is 13.2 Å². The van der Waals surface area contributed by atoms with Gasteiger partial charge in [0.2, 0.25) is 0 Å². The van der Waals surface area contributed by atoms with Gasteiger partial charge in [-0.2, -0.15) is 13.2 Å². The number of ether oxygens (including phenoxy) is 2. The number of carbonyl (C=O) groups is 2. The Bertz CT molecular complexity index is 439. The SMILES string of the molecule is COc1ccccc1C(=O)OC(=O)C(F)(F)F. The highest BCUT2D eigenvalue weighted by Gasteiger charge is 2.42. The molecule has 0 spiro atoms. The number of halogens is 3. The Kier molecular flexibility index (Phi) is 3.72. The highest BCUT2D eigenvalue weighted by Crippen LogP contribution is 2.21. The lowest BCUT2D eigenvalue weighted by Gasteiger charge is -2.08. The maximum absolute atomic E-state index is 11.8. The van der Waals surface area contributed by atoms with Gasteiger partial charge in [-0.3, -0.25) is 0 Å². The van der Waals surface area contributed by atoms with Gasteiger partial charge in [0.25, 0.3) is 0 Å². The molecule has 0 saturated carbocycles. The molecule has 0 aromatic heterocycles. The molecule has 0 aliphatic carbocycles. The van der Waals surface area contributed by atoms with Gasteiger partial charge in [-0.1, -0.05) is 12.1 Å². The standard InChI is InChI=1S/C10H7F3O4/c1-16-7-5-3-2-4-6(7)8(14)17-9(15)10(11,12)13/h2-5H,1H3. The lowest BCUT2D eigenvalue weighted by molar-refractivity contribution is -0.193. The van der Waals surface area contributed by atoms with Gasteiger partial charge < -0.3 is 9.47 Å². The molecule has 0 unspecified atom stereocenters. The first-order chi connectivity index (χ1) is 7.86. The van der Waals surface area contributed by atoms with Crippen molar-refractivity contribution in [2.75, 3.05) is 7.11 Å². The number of methoxy groups -OCH3 is 1. The fourth-order valence-electron chi connectivity index (χ4n) is 1.01. The van der Waals surface area contributed by atoms with Crippen LogP contribution in [-0.2, 0) is 9.53 Å². The van der Waals surface area contributed by atoms with E-state index >= 15 is 0 Å². The van der Waals surface area contributed by atoms with Crippen LogP contribution < -0.4 is 4.74 Å². The molecule has 0 N–H and O–H groups in total. The van der Waals surface area contributed by atoms with Crippen LogP contribution in [0.15, 0.2) is 24.3 Å². The predicted molar refractivity (Wildman–Crippen MR) is 49.5 cm³/mol. The molecule has 0 radical (unpaired) electrons. The lowest BCUT2D eigenvalue weighted by Crippen LogP contribution is -2.28. The molecule has 0 fully saturated rings. The molecule has 0 heterocycles. The molecule has 0 atom stereocenters. The molecular formula is C10H7F3O4. The second-order valence-electron chi connectivity index (χ2n) is 2.88. The van der Waals surface area contributed by atoms with Crippen molar-refractivity contribution >= 4 is 11.9 Å². The maximum Gasteiger partial charge on any atom is 0.491 e. The van der Waals surface area contributed by atoms with Crippen LogP contribution in [0.25, 0.3) is 0 Å². The van der Waals surface area contributed by atoms with E-state index in [1.807, 2.05) is 0 Å². The van der Waals surface area contributed by atoms with E-state index in [1.165, 1.54) is 31.4 Å². The number of rotatable bonds is 2. The maximum atomic E-state index is 11.8. The van der Waals surface area contributed by atoms with E-state index in [4.69, 9.17) is 4.74 Å². The Morgan fingerprint density at radius 1 is 1.18 bits per heavy atom. The normalized spacial score (nSPS) is 10.8. The number of esters is 2. The Morgan fingerprint density at radius 3 is 2.29 bits per heavy atom. The third-order valence-corrected chi connectivity index (χ3v) is 1.74. The molecule has 0 amide bonds. The number of hydrogen-bond donors (Lipinski definition) is 0. The van der Waals surface area contributed by atoms with Gasteiger partial charge in [0.15, 0.2) is 0 Å². The quantitative estimate of drug-likeness (QED) is 0.592. The molecule has 1 rings (SSSR count). The fraction of sp³-hybridized carbons (Fsp3) is 0.200. The third-order valence-electron chi connectivity index (χ3n) is 1.74. The highest BCUT2D eigenvalue weighted by atomic mass is 19.4. The minimum Gasteiger partial charge on any atom is -0.496 e. The Balaban J connectivity index is 2.88. The zero-order chi connectivity index (χ0) is 13.1. The summed E-state index contributed by atoms with van der Waals surface area (Å²) >= 11 is 0. The van der Waals surface area contributed by atoms with Crippen molar-refractivity contribution in [2.24, 2.45) is 0 Å². The summed E-state index contributed by atoms with van der Waals surface area (Å²) in [6.45, 7) is 0. The van der Waals surface area contributed by atoms with Gasteiger partial charge >= 0.3 is 18.1 Å². The van der Waals surface area contributed by atoms with Crippen LogP contribution in [0.1, 0.15) is 10.4 Å². The minimum atomic E-state index is -5.21. The molecule has 17 heavy (non-hydrogen) atoms. The number of benzene rings is 1. The average Bonchev–Trinajstić information content (AvgIpc) is 2.27. The van der Waals surface area contributed by atoms with Gasteiger partial charge in [0.05, 0.1) is 7.11 Å². The Labute approximate surface area is 93.9 Å². The monoisotopic (exact) mass is 248 g/mol. The van der Waals surface area contributed by atoms with Crippen LogP contribution in [0, 0.1) is 0 Å². The molecular weight excluding hydrogens is 241 g/mol. The Hall–Kier alpha value is -2.05. The predicted octanol–water partition coefficient (Wildman–Crippen LogP) is 1.94. The lowest BCUT2D eigenvalue weighted by atomic mass is 10.2. The summed E-state index contributed by atoms with van der Waals surface area (Å²) in [6.07, 6.45) is -5.21. The van der Waals surface area contributed by atoms with Crippen molar-refractivity contribution in [2.45, 2.75) is 6.18 Å². The minimum absolute atomic E-state index is 0.0208. The third kappa shape index (κ3) is 3.20. The first kappa shape index (κ1) is 13.0. The van der Waals surface area contributed by atoms with Crippen molar-refractivity contribution in [1.29, 1.82) is 0 Å². The zero-order valence-corrected chi connectivity index (χ0v) is 8.58. The van der Waals surface area contributed by atoms with Gasteiger partial charge in [-0.15, -0.1) is 0 Å². The van der Waals surface area contributed by atoms with Crippen LogP contribution in [0.3, 0.4) is 0 Å². The average molecular weight is 248 g/mol. The summed E-state index contributed by atoms with van der Waals surface area (Å²) in [6, 6.07) is 5.46. The number of alkyl halides is 3.